The van der Waals surface area contributed by atoms with Gasteiger partial charge in [-0.2, -0.15) is 5.10 Å². The molecule has 1 aliphatic carbocycles. The minimum Gasteiger partial charge on any atom is -0.382 e. The van der Waals surface area contributed by atoms with Crippen LogP contribution in [-0.4, -0.2) is 22.5 Å². The van der Waals surface area contributed by atoms with Crippen molar-refractivity contribution in [2.24, 2.45) is 10.5 Å². The van der Waals surface area contributed by atoms with Crippen molar-refractivity contribution < 1.29 is 0 Å². The van der Waals surface area contributed by atoms with E-state index in [0.717, 1.165) is 24.4 Å². The molecule has 1 unspecified atom stereocenters. The van der Waals surface area contributed by atoms with Crippen molar-refractivity contribution in [1.29, 1.82) is 0 Å². The van der Waals surface area contributed by atoms with E-state index in [2.05, 4.69) is 52.0 Å². The Morgan fingerprint density at radius 1 is 1.29 bits per heavy atom. The van der Waals surface area contributed by atoms with Crippen molar-refractivity contribution in [2.75, 3.05) is 17.3 Å². The van der Waals surface area contributed by atoms with Crippen molar-refractivity contribution in [3.8, 4) is 0 Å². The third-order valence-corrected chi connectivity index (χ3v) is 3.75. The van der Waals surface area contributed by atoms with E-state index in [9.17, 15) is 0 Å². The number of nitrogens with zero attached hydrogens (tertiary/aromatic N) is 3. The molecule has 21 heavy (non-hydrogen) atoms. The molecule has 0 radical (unpaired) electrons. The lowest BCUT2D eigenvalue weighted by Gasteiger charge is -2.26. The van der Waals surface area contributed by atoms with Gasteiger partial charge in [-0.15, -0.1) is 10.2 Å². The molecule has 1 atom stereocenters. The summed E-state index contributed by atoms with van der Waals surface area (Å²) in [6, 6.07) is 1.73. The number of allylic oxidation sites excluding steroid dienone is 4. The molecule has 112 valence electrons. The summed E-state index contributed by atoms with van der Waals surface area (Å²) >= 11 is 5.87. The molecule has 0 aliphatic heterocycles. The molecule has 2 N–H and O–H groups in total. The van der Waals surface area contributed by atoms with Crippen LogP contribution in [0.2, 0.25) is 5.15 Å². The summed E-state index contributed by atoms with van der Waals surface area (Å²) in [5.74, 6) is 0.565. The maximum atomic E-state index is 5.87. The average Bonchev–Trinajstić information content (AvgIpc) is 2.48. The molecule has 6 heteroatoms. The molecule has 0 bridgehead atoms. The van der Waals surface area contributed by atoms with Gasteiger partial charge >= 0.3 is 0 Å². The third-order valence-electron chi connectivity index (χ3n) is 3.56. The van der Waals surface area contributed by atoms with Crippen LogP contribution in [0.3, 0.4) is 0 Å². The fourth-order valence-electron chi connectivity index (χ4n) is 2.04. The fourth-order valence-corrected chi connectivity index (χ4v) is 2.19. The van der Waals surface area contributed by atoms with Gasteiger partial charge in [0.2, 0.25) is 0 Å². The van der Waals surface area contributed by atoms with E-state index < -0.39 is 0 Å². The van der Waals surface area contributed by atoms with Gasteiger partial charge in [0.25, 0.3) is 0 Å². The molecule has 2 rings (SSSR count). The van der Waals surface area contributed by atoms with Crippen LogP contribution >= 0.6 is 11.6 Å². The van der Waals surface area contributed by atoms with Gasteiger partial charge in [-0.3, -0.25) is 5.43 Å². The second-order valence-electron chi connectivity index (χ2n) is 5.06. The maximum Gasteiger partial charge on any atom is 0.192 e. The Kier molecular flexibility index (Phi) is 4.96. The molecule has 0 saturated carbocycles. The Morgan fingerprint density at radius 3 is 2.81 bits per heavy atom. The zero-order chi connectivity index (χ0) is 15.3. The van der Waals surface area contributed by atoms with Gasteiger partial charge in [0.15, 0.2) is 11.0 Å². The molecule has 0 fully saturated rings. The second-order valence-corrected chi connectivity index (χ2v) is 5.45. The van der Waals surface area contributed by atoms with Crippen LogP contribution in [-0.2, 0) is 0 Å². The molecule has 1 aromatic rings. The van der Waals surface area contributed by atoms with Gasteiger partial charge in [0.05, 0.1) is 11.4 Å². The minimum atomic E-state index is -0.0695. The second kappa shape index (κ2) is 6.72. The summed E-state index contributed by atoms with van der Waals surface area (Å²) in [6.45, 7) is 7.08. The number of hydrazone groups is 1. The normalized spacial score (nSPS) is 22.6. The molecule has 1 aliphatic rings. The molecule has 0 spiro atoms. The van der Waals surface area contributed by atoms with Crippen molar-refractivity contribution in [2.45, 2.75) is 27.2 Å². The molecule has 1 aromatic heterocycles. The summed E-state index contributed by atoms with van der Waals surface area (Å²) < 4.78 is 0. The molecular weight excluding hydrogens is 286 g/mol. The highest BCUT2D eigenvalue weighted by Crippen LogP contribution is 2.29. The highest BCUT2D eigenvalue weighted by Gasteiger charge is 2.25. The smallest absolute Gasteiger partial charge is 0.192 e. The van der Waals surface area contributed by atoms with Crippen LogP contribution in [0.25, 0.3) is 0 Å². The van der Waals surface area contributed by atoms with Crippen molar-refractivity contribution in [1.82, 2.24) is 10.2 Å². The first-order valence-corrected chi connectivity index (χ1v) is 7.44. The monoisotopic (exact) mass is 305 g/mol. The van der Waals surface area contributed by atoms with Crippen LogP contribution in [0, 0.1) is 5.41 Å². The minimum absolute atomic E-state index is 0.0695. The number of hydrogen-bond donors (Lipinski definition) is 2. The SMILES string of the molecule is CCNc1cc(Cl)nnc1NN=C1C=CC=CC1(C)CC. The van der Waals surface area contributed by atoms with Crippen molar-refractivity contribution in [3.05, 3.63) is 35.5 Å². The summed E-state index contributed by atoms with van der Waals surface area (Å²) in [6.07, 6.45) is 9.17. The van der Waals surface area contributed by atoms with E-state index in [1.807, 2.05) is 19.1 Å². The summed E-state index contributed by atoms with van der Waals surface area (Å²) in [7, 11) is 0. The zero-order valence-electron chi connectivity index (χ0n) is 12.5. The standard InChI is InChI=1S/C15H20ClN5/c1-4-15(3)9-7-6-8-12(15)18-20-14-11(17-5-2)10-13(16)19-21-14/h6-10H,4-5H2,1-3H3,(H,17,19)(H,20,21). The quantitative estimate of drug-likeness (QED) is 0.811. The predicted octanol–water partition coefficient (Wildman–Crippen LogP) is 3.87. The number of hydrogen-bond acceptors (Lipinski definition) is 5. The van der Waals surface area contributed by atoms with E-state index in [-0.39, 0.29) is 5.41 Å². The van der Waals surface area contributed by atoms with E-state index >= 15 is 0 Å². The topological polar surface area (TPSA) is 62.2 Å². The van der Waals surface area contributed by atoms with E-state index in [0.29, 0.717) is 11.0 Å². The first kappa shape index (κ1) is 15.5. The molecule has 0 aromatic carbocycles. The summed E-state index contributed by atoms with van der Waals surface area (Å²) in [5, 5.41) is 15.9. The Morgan fingerprint density at radius 2 is 2.10 bits per heavy atom. The van der Waals surface area contributed by atoms with Crippen LogP contribution in [0.5, 0.6) is 0 Å². The van der Waals surface area contributed by atoms with Crippen LogP contribution < -0.4 is 10.7 Å². The third kappa shape index (κ3) is 3.61. The summed E-state index contributed by atoms with van der Waals surface area (Å²) in [5.41, 5.74) is 4.68. The van der Waals surface area contributed by atoms with Gasteiger partial charge in [0.1, 0.15) is 0 Å². The molecule has 0 saturated heterocycles. The maximum absolute atomic E-state index is 5.87. The molecule has 1 heterocycles. The zero-order valence-corrected chi connectivity index (χ0v) is 13.3. The van der Waals surface area contributed by atoms with E-state index in [1.165, 1.54) is 0 Å². The Balaban J connectivity index is 2.24. The molecular formula is C15H20ClN5. The molecule has 5 nitrogen and oxygen atoms in total. The highest BCUT2D eigenvalue weighted by atomic mass is 35.5. The van der Waals surface area contributed by atoms with Gasteiger partial charge in [-0.05, 0) is 19.4 Å². The van der Waals surface area contributed by atoms with Crippen LogP contribution in [0.1, 0.15) is 27.2 Å². The van der Waals surface area contributed by atoms with E-state index in [4.69, 9.17) is 11.6 Å². The Bertz CT molecular complexity index is 594. The van der Waals surface area contributed by atoms with Gasteiger partial charge in [0, 0.05) is 18.0 Å². The van der Waals surface area contributed by atoms with Crippen molar-refractivity contribution in [3.63, 3.8) is 0 Å². The Hall–Kier alpha value is -1.88. The van der Waals surface area contributed by atoms with Crippen molar-refractivity contribution >= 4 is 28.8 Å². The lowest BCUT2D eigenvalue weighted by molar-refractivity contribution is 0.572. The summed E-state index contributed by atoms with van der Waals surface area (Å²) in [4.78, 5) is 0. The van der Waals surface area contributed by atoms with Gasteiger partial charge in [-0.25, -0.2) is 0 Å². The van der Waals surface area contributed by atoms with Crippen LogP contribution in [0.4, 0.5) is 11.5 Å². The first-order valence-electron chi connectivity index (χ1n) is 7.06. The highest BCUT2D eigenvalue weighted by molar-refractivity contribution is 6.29. The number of aromatic nitrogens is 2. The average molecular weight is 306 g/mol. The van der Waals surface area contributed by atoms with Gasteiger partial charge in [-0.1, -0.05) is 43.7 Å². The number of anilines is 2. The lowest BCUT2D eigenvalue weighted by atomic mass is 9.80. The van der Waals surface area contributed by atoms with E-state index in [1.54, 1.807) is 6.07 Å². The predicted molar refractivity (Wildman–Crippen MR) is 88.9 cm³/mol. The largest absolute Gasteiger partial charge is 0.382 e. The van der Waals surface area contributed by atoms with Crippen LogP contribution in [0.15, 0.2) is 35.5 Å². The first-order chi connectivity index (χ1) is 10.1. The Labute approximate surface area is 130 Å². The molecule has 0 amide bonds. The number of rotatable bonds is 5. The van der Waals surface area contributed by atoms with Gasteiger partial charge < -0.3 is 5.32 Å². The number of halogens is 1. The lowest BCUT2D eigenvalue weighted by Crippen LogP contribution is -2.25. The fraction of sp³-hybridized carbons (Fsp3) is 0.400. The number of nitrogens with one attached hydrogen (secondary N) is 2.